The second kappa shape index (κ2) is 4.52. The maximum Gasteiger partial charge on any atom is 0.155 e. The molecule has 1 aliphatic heterocycles. The molecule has 0 saturated heterocycles. The number of hydrogen-bond acceptors (Lipinski definition) is 2. The smallest absolute Gasteiger partial charge is 0.155 e. The first-order valence-corrected chi connectivity index (χ1v) is 5.68. The zero-order valence-electron chi connectivity index (χ0n) is 9.75. The van der Waals surface area contributed by atoms with Crippen LogP contribution in [0.25, 0.3) is 6.08 Å². The average molecular weight is 216 g/mol. The van der Waals surface area contributed by atoms with E-state index in [0.29, 0.717) is 6.42 Å². The normalized spacial score (nSPS) is 13.9. The van der Waals surface area contributed by atoms with Gasteiger partial charge in [0.05, 0.1) is 6.61 Å². The number of carbonyl (C=O) groups excluding carboxylic acids is 1. The summed E-state index contributed by atoms with van der Waals surface area (Å²) in [6, 6.07) is 4.19. The van der Waals surface area contributed by atoms with Crippen LogP contribution in [0.5, 0.6) is 5.75 Å². The Hall–Kier alpha value is -1.57. The lowest BCUT2D eigenvalue weighted by atomic mass is 10.0. The highest BCUT2D eigenvalue weighted by Crippen LogP contribution is 2.32. The Morgan fingerprint density at radius 1 is 1.50 bits per heavy atom. The molecule has 84 valence electrons. The van der Waals surface area contributed by atoms with Gasteiger partial charge in [0.25, 0.3) is 0 Å². The van der Waals surface area contributed by atoms with Crippen molar-refractivity contribution < 1.29 is 9.53 Å². The first-order valence-electron chi connectivity index (χ1n) is 5.68. The summed E-state index contributed by atoms with van der Waals surface area (Å²) in [5, 5.41) is 0. The van der Waals surface area contributed by atoms with Gasteiger partial charge in [0.1, 0.15) is 5.75 Å². The molecule has 1 heterocycles. The van der Waals surface area contributed by atoms with Crippen molar-refractivity contribution in [3.63, 3.8) is 0 Å². The zero-order chi connectivity index (χ0) is 11.5. The molecule has 0 radical (unpaired) electrons. The van der Waals surface area contributed by atoms with Gasteiger partial charge in [-0.15, -0.1) is 0 Å². The highest BCUT2D eigenvalue weighted by Gasteiger charge is 2.16. The summed E-state index contributed by atoms with van der Waals surface area (Å²) in [6.45, 7) is 4.66. The molecule has 1 aromatic rings. The fraction of sp³-hybridized carbons (Fsp3) is 0.357. The predicted molar refractivity (Wildman–Crippen MR) is 64.7 cm³/mol. The van der Waals surface area contributed by atoms with Crippen LogP contribution in [-0.4, -0.2) is 12.4 Å². The van der Waals surface area contributed by atoms with Gasteiger partial charge in [-0.25, -0.2) is 0 Å². The zero-order valence-corrected chi connectivity index (χ0v) is 9.75. The molecule has 0 saturated carbocycles. The van der Waals surface area contributed by atoms with Crippen LogP contribution in [-0.2, 0) is 11.2 Å². The summed E-state index contributed by atoms with van der Waals surface area (Å²) < 4.78 is 5.61. The lowest BCUT2D eigenvalue weighted by molar-refractivity contribution is -0.114. The molecule has 0 fully saturated rings. The Morgan fingerprint density at radius 2 is 2.31 bits per heavy atom. The van der Waals surface area contributed by atoms with Gasteiger partial charge in [-0.05, 0) is 30.2 Å². The van der Waals surface area contributed by atoms with E-state index in [9.17, 15) is 4.79 Å². The van der Waals surface area contributed by atoms with Crippen molar-refractivity contribution in [2.24, 2.45) is 0 Å². The fourth-order valence-electron chi connectivity index (χ4n) is 1.87. The molecular formula is C14H16O2. The van der Waals surface area contributed by atoms with Crippen molar-refractivity contribution >= 4 is 11.9 Å². The van der Waals surface area contributed by atoms with E-state index < -0.39 is 0 Å². The van der Waals surface area contributed by atoms with Crippen molar-refractivity contribution in [2.45, 2.75) is 26.7 Å². The summed E-state index contributed by atoms with van der Waals surface area (Å²) in [4.78, 5) is 11.3. The molecule has 2 heteroatoms. The molecule has 2 nitrogen and oxygen atoms in total. The molecule has 0 unspecified atom stereocenters. The Morgan fingerprint density at radius 3 is 3.06 bits per heavy atom. The summed E-state index contributed by atoms with van der Waals surface area (Å²) in [7, 11) is 0. The Kier molecular flexibility index (Phi) is 3.09. The molecule has 0 atom stereocenters. The highest BCUT2D eigenvalue weighted by molar-refractivity contribution is 5.94. The van der Waals surface area contributed by atoms with Crippen molar-refractivity contribution in [1.29, 1.82) is 0 Å². The number of ether oxygens (including phenoxy) is 1. The van der Waals surface area contributed by atoms with Gasteiger partial charge in [-0.3, -0.25) is 4.79 Å². The van der Waals surface area contributed by atoms with E-state index in [-0.39, 0.29) is 5.78 Å². The number of benzene rings is 1. The van der Waals surface area contributed by atoms with Crippen LogP contribution in [0, 0.1) is 6.92 Å². The summed E-state index contributed by atoms with van der Waals surface area (Å²) in [5.41, 5.74) is 3.45. The molecule has 1 aliphatic rings. The SMILES string of the molecule is CCC(=O)/C=C/c1c(C)ccc2c1OCC2. The van der Waals surface area contributed by atoms with E-state index in [1.54, 1.807) is 6.08 Å². The van der Waals surface area contributed by atoms with Gasteiger partial charge >= 0.3 is 0 Å². The van der Waals surface area contributed by atoms with Crippen LogP contribution in [0.2, 0.25) is 0 Å². The van der Waals surface area contributed by atoms with E-state index in [1.165, 1.54) is 5.56 Å². The molecule has 0 spiro atoms. The average Bonchev–Trinajstić information content (AvgIpc) is 2.75. The minimum absolute atomic E-state index is 0.148. The Balaban J connectivity index is 2.37. The van der Waals surface area contributed by atoms with Gasteiger partial charge in [-0.1, -0.05) is 19.1 Å². The Labute approximate surface area is 95.9 Å². The Bertz CT molecular complexity index is 444. The van der Waals surface area contributed by atoms with Gasteiger partial charge in [0, 0.05) is 18.4 Å². The molecule has 2 rings (SSSR count). The molecule has 1 aromatic carbocycles. The molecule has 0 amide bonds. The first kappa shape index (κ1) is 10.9. The number of rotatable bonds is 3. The lowest BCUT2D eigenvalue weighted by Gasteiger charge is -2.07. The molecule has 0 aromatic heterocycles. The van der Waals surface area contributed by atoms with Crippen LogP contribution in [0.1, 0.15) is 30.0 Å². The second-order valence-electron chi connectivity index (χ2n) is 4.04. The predicted octanol–water partition coefficient (Wildman–Crippen LogP) is 2.92. The molecule has 0 aliphatic carbocycles. The van der Waals surface area contributed by atoms with Crippen molar-refractivity contribution in [3.8, 4) is 5.75 Å². The standard InChI is InChI=1S/C14H16O2/c1-3-12(15)6-7-13-10(2)4-5-11-8-9-16-14(11)13/h4-7H,3,8-9H2,1-2H3/b7-6+. The number of ketones is 1. The maximum absolute atomic E-state index is 11.3. The summed E-state index contributed by atoms with van der Waals surface area (Å²) in [6.07, 6.45) is 5.04. The topological polar surface area (TPSA) is 26.3 Å². The largest absolute Gasteiger partial charge is 0.492 e. The number of hydrogen-bond donors (Lipinski definition) is 0. The number of fused-ring (bicyclic) bond motifs is 1. The van der Waals surface area contributed by atoms with E-state index in [1.807, 2.05) is 19.9 Å². The molecule has 16 heavy (non-hydrogen) atoms. The third-order valence-corrected chi connectivity index (χ3v) is 2.90. The van der Waals surface area contributed by atoms with Crippen molar-refractivity contribution in [3.05, 3.63) is 34.9 Å². The van der Waals surface area contributed by atoms with Gasteiger partial charge in [-0.2, -0.15) is 0 Å². The van der Waals surface area contributed by atoms with Crippen molar-refractivity contribution in [2.75, 3.05) is 6.61 Å². The molecular weight excluding hydrogens is 200 g/mol. The maximum atomic E-state index is 11.3. The van der Waals surface area contributed by atoms with Crippen LogP contribution in [0.3, 0.4) is 0 Å². The van der Waals surface area contributed by atoms with Crippen LogP contribution in [0.15, 0.2) is 18.2 Å². The van der Waals surface area contributed by atoms with Gasteiger partial charge < -0.3 is 4.74 Å². The fourth-order valence-corrected chi connectivity index (χ4v) is 1.87. The lowest BCUT2D eigenvalue weighted by Crippen LogP contribution is -1.92. The molecule has 0 bridgehead atoms. The van der Waals surface area contributed by atoms with Gasteiger partial charge in [0.2, 0.25) is 0 Å². The van der Waals surface area contributed by atoms with E-state index in [4.69, 9.17) is 4.74 Å². The third kappa shape index (κ3) is 2.01. The molecule has 0 N–H and O–H groups in total. The highest BCUT2D eigenvalue weighted by atomic mass is 16.5. The second-order valence-corrected chi connectivity index (χ2v) is 4.04. The number of aryl methyl sites for hydroxylation is 1. The van der Waals surface area contributed by atoms with E-state index >= 15 is 0 Å². The number of allylic oxidation sites excluding steroid dienone is 1. The quantitative estimate of drug-likeness (QED) is 0.726. The summed E-state index contributed by atoms with van der Waals surface area (Å²) in [5.74, 6) is 1.11. The van der Waals surface area contributed by atoms with Crippen LogP contribution < -0.4 is 4.74 Å². The summed E-state index contributed by atoms with van der Waals surface area (Å²) >= 11 is 0. The van der Waals surface area contributed by atoms with Crippen molar-refractivity contribution in [1.82, 2.24) is 0 Å². The minimum atomic E-state index is 0.148. The number of carbonyl (C=O) groups is 1. The van der Waals surface area contributed by atoms with Crippen LogP contribution in [0.4, 0.5) is 0 Å². The van der Waals surface area contributed by atoms with Crippen LogP contribution >= 0.6 is 0 Å². The monoisotopic (exact) mass is 216 g/mol. The first-order chi connectivity index (χ1) is 7.72. The van der Waals surface area contributed by atoms with E-state index in [2.05, 4.69) is 12.1 Å². The third-order valence-electron chi connectivity index (χ3n) is 2.90. The van der Waals surface area contributed by atoms with Gasteiger partial charge in [0.15, 0.2) is 5.78 Å². The minimum Gasteiger partial charge on any atom is -0.492 e. The van der Waals surface area contributed by atoms with E-state index in [0.717, 1.165) is 29.9 Å².